The Morgan fingerprint density at radius 1 is 1.62 bits per heavy atom. The number of ether oxygens (including phenoxy) is 1. The molecule has 2 unspecified atom stereocenters. The minimum Gasteiger partial charge on any atom is -0.472 e. The maximum atomic E-state index is 5.63. The van der Waals surface area contributed by atoms with E-state index in [4.69, 9.17) is 9.15 Å². The average Bonchev–Trinajstić information content (AvgIpc) is 2.76. The molecular formula is C10H15NO2. The third kappa shape index (κ3) is 1.76. The van der Waals surface area contributed by atoms with Gasteiger partial charge < -0.3 is 14.5 Å². The monoisotopic (exact) mass is 181 g/mol. The maximum absolute atomic E-state index is 5.63. The van der Waals surface area contributed by atoms with Gasteiger partial charge in [0, 0.05) is 12.2 Å². The molecule has 1 aliphatic rings. The van der Waals surface area contributed by atoms with Gasteiger partial charge in [-0.2, -0.15) is 0 Å². The first-order chi connectivity index (χ1) is 6.42. The van der Waals surface area contributed by atoms with E-state index in [9.17, 15) is 0 Å². The average molecular weight is 181 g/mol. The molecular weight excluding hydrogens is 166 g/mol. The summed E-state index contributed by atoms with van der Waals surface area (Å²) in [5.41, 5.74) is 1.18. The lowest BCUT2D eigenvalue weighted by atomic mass is 10.0. The Morgan fingerprint density at radius 2 is 2.54 bits per heavy atom. The highest BCUT2D eigenvalue weighted by molar-refractivity contribution is 5.13. The molecule has 1 aliphatic heterocycles. The summed E-state index contributed by atoms with van der Waals surface area (Å²) in [6.45, 7) is 0.890. The minimum atomic E-state index is 0.279. The normalized spacial score (nSPS) is 24.8. The summed E-state index contributed by atoms with van der Waals surface area (Å²) in [6.07, 6.45) is 6.09. The number of rotatable bonds is 3. The second-order valence-electron chi connectivity index (χ2n) is 3.37. The minimum absolute atomic E-state index is 0.279. The zero-order valence-electron chi connectivity index (χ0n) is 7.82. The van der Waals surface area contributed by atoms with Crippen LogP contribution in [0, 0.1) is 0 Å². The van der Waals surface area contributed by atoms with Gasteiger partial charge in [-0.1, -0.05) is 0 Å². The van der Waals surface area contributed by atoms with Gasteiger partial charge in [0.05, 0.1) is 24.7 Å². The van der Waals surface area contributed by atoms with Crippen molar-refractivity contribution in [2.24, 2.45) is 0 Å². The van der Waals surface area contributed by atoms with E-state index in [0.29, 0.717) is 6.10 Å². The summed E-state index contributed by atoms with van der Waals surface area (Å²) in [4.78, 5) is 0. The fraction of sp³-hybridized carbons (Fsp3) is 0.600. The molecule has 2 rings (SSSR count). The van der Waals surface area contributed by atoms with E-state index in [1.165, 1.54) is 12.0 Å². The molecule has 2 atom stereocenters. The zero-order valence-corrected chi connectivity index (χ0v) is 7.82. The number of nitrogens with one attached hydrogen (secondary N) is 1. The molecule has 3 nitrogen and oxygen atoms in total. The van der Waals surface area contributed by atoms with Gasteiger partial charge in [-0.25, -0.2) is 0 Å². The molecule has 1 aromatic heterocycles. The smallest absolute Gasteiger partial charge is 0.0951 e. The lowest BCUT2D eigenvalue weighted by Gasteiger charge is -2.20. The van der Waals surface area contributed by atoms with Crippen LogP contribution in [0.5, 0.6) is 0 Å². The highest BCUT2D eigenvalue weighted by atomic mass is 16.5. The molecule has 0 aliphatic carbocycles. The van der Waals surface area contributed by atoms with Crippen molar-refractivity contribution in [1.29, 1.82) is 0 Å². The molecule has 3 heteroatoms. The molecule has 0 amide bonds. The Labute approximate surface area is 78.1 Å². The Morgan fingerprint density at radius 3 is 3.08 bits per heavy atom. The van der Waals surface area contributed by atoms with Crippen LogP contribution in [0.1, 0.15) is 24.4 Å². The summed E-state index contributed by atoms with van der Waals surface area (Å²) in [5.74, 6) is 0. The fourth-order valence-corrected chi connectivity index (χ4v) is 1.88. The molecule has 1 N–H and O–H groups in total. The van der Waals surface area contributed by atoms with Crippen molar-refractivity contribution in [3.05, 3.63) is 24.2 Å². The third-order valence-electron chi connectivity index (χ3n) is 2.55. The Balaban J connectivity index is 2.08. The molecule has 2 heterocycles. The number of hydrogen-bond donors (Lipinski definition) is 1. The molecule has 13 heavy (non-hydrogen) atoms. The second-order valence-corrected chi connectivity index (χ2v) is 3.37. The summed E-state index contributed by atoms with van der Waals surface area (Å²) in [7, 11) is 1.96. The standard InChI is InChI=1S/C10H15NO2/c1-11-10(8-4-6-12-7-8)9-3-2-5-13-9/h4,6-7,9-11H,2-3,5H2,1H3. The lowest BCUT2D eigenvalue weighted by Crippen LogP contribution is -2.28. The predicted molar refractivity (Wildman–Crippen MR) is 49.5 cm³/mol. The van der Waals surface area contributed by atoms with Crippen LogP contribution in [0.25, 0.3) is 0 Å². The molecule has 0 spiro atoms. The van der Waals surface area contributed by atoms with Gasteiger partial charge in [0.2, 0.25) is 0 Å². The van der Waals surface area contributed by atoms with Crippen molar-refractivity contribution in [3.63, 3.8) is 0 Å². The van der Waals surface area contributed by atoms with E-state index in [-0.39, 0.29) is 6.04 Å². The van der Waals surface area contributed by atoms with Crippen molar-refractivity contribution in [2.75, 3.05) is 13.7 Å². The number of furan rings is 1. The van der Waals surface area contributed by atoms with Crippen LogP contribution in [0.3, 0.4) is 0 Å². The van der Waals surface area contributed by atoms with Gasteiger partial charge in [-0.3, -0.25) is 0 Å². The highest BCUT2D eigenvalue weighted by Gasteiger charge is 2.26. The van der Waals surface area contributed by atoms with Crippen molar-refractivity contribution < 1.29 is 9.15 Å². The molecule has 1 fully saturated rings. The van der Waals surface area contributed by atoms with Crippen LogP contribution in [0.2, 0.25) is 0 Å². The van der Waals surface area contributed by atoms with Crippen LogP contribution in [0.4, 0.5) is 0 Å². The first kappa shape index (κ1) is 8.78. The molecule has 0 aromatic carbocycles. The van der Waals surface area contributed by atoms with Crippen LogP contribution in [-0.2, 0) is 4.74 Å². The van der Waals surface area contributed by atoms with Gasteiger partial charge in [0.25, 0.3) is 0 Å². The van der Waals surface area contributed by atoms with E-state index < -0.39 is 0 Å². The Hall–Kier alpha value is -0.800. The SMILES string of the molecule is CNC(c1ccoc1)C1CCCO1. The van der Waals surface area contributed by atoms with E-state index >= 15 is 0 Å². The fourth-order valence-electron chi connectivity index (χ4n) is 1.88. The van der Waals surface area contributed by atoms with E-state index in [1.54, 1.807) is 12.5 Å². The molecule has 1 aromatic rings. The molecule has 1 saturated heterocycles. The molecule has 72 valence electrons. The van der Waals surface area contributed by atoms with Crippen LogP contribution in [0.15, 0.2) is 23.0 Å². The maximum Gasteiger partial charge on any atom is 0.0951 e. The topological polar surface area (TPSA) is 34.4 Å². The molecule has 0 bridgehead atoms. The highest BCUT2D eigenvalue weighted by Crippen LogP contribution is 2.26. The quantitative estimate of drug-likeness (QED) is 0.771. The first-order valence-electron chi connectivity index (χ1n) is 4.73. The Bertz CT molecular complexity index is 239. The number of likely N-dealkylation sites (N-methyl/N-ethyl adjacent to an activating group) is 1. The van der Waals surface area contributed by atoms with Crippen molar-refractivity contribution in [3.8, 4) is 0 Å². The largest absolute Gasteiger partial charge is 0.472 e. The van der Waals surface area contributed by atoms with Gasteiger partial charge >= 0.3 is 0 Å². The summed E-state index contributed by atoms with van der Waals surface area (Å²) < 4.78 is 10.7. The van der Waals surface area contributed by atoms with Crippen LogP contribution < -0.4 is 5.32 Å². The van der Waals surface area contributed by atoms with Crippen molar-refractivity contribution >= 4 is 0 Å². The van der Waals surface area contributed by atoms with Crippen molar-refractivity contribution in [1.82, 2.24) is 5.32 Å². The van der Waals surface area contributed by atoms with Crippen LogP contribution in [-0.4, -0.2) is 19.8 Å². The van der Waals surface area contributed by atoms with E-state index in [2.05, 4.69) is 5.32 Å². The van der Waals surface area contributed by atoms with Gasteiger partial charge in [-0.05, 0) is 26.0 Å². The summed E-state index contributed by atoms with van der Waals surface area (Å²) >= 11 is 0. The van der Waals surface area contributed by atoms with Crippen LogP contribution >= 0.6 is 0 Å². The second kappa shape index (κ2) is 3.94. The summed E-state index contributed by atoms with van der Waals surface area (Å²) in [5, 5.41) is 3.26. The Kier molecular flexibility index (Phi) is 2.66. The van der Waals surface area contributed by atoms with Gasteiger partial charge in [0.1, 0.15) is 0 Å². The zero-order chi connectivity index (χ0) is 9.10. The van der Waals surface area contributed by atoms with E-state index in [1.807, 2.05) is 13.1 Å². The first-order valence-corrected chi connectivity index (χ1v) is 4.73. The molecule has 0 radical (unpaired) electrons. The molecule has 0 saturated carbocycles. The van der Waals surface area contributed by atoms with Gasteiger partial charge in [0.15, 0.2) is 0 Å². The summed E-state index contributed by atoms with van der Waals surface area (Å²) in [6, 6.07) is 2.27. The lowest BCUT2D eigenvalue weighted by molar-refractivity contribution is 0.0806. The van der Waals surface area contributed by atoms with Gasteiger partial charge in [-0.15, -0.1) is 0 Å². The third-order valence-corrected chi connectivity index (χ3v) is 2.55. The van der Waals surface area contributed by atoms with Crippen molar-refractivity contribution in [2.45, 2.75) is 25.0 Å². The van der Waals surface area contributed by atoms with E-state index in [0.717, 1.165) is 13.0 Å². The predicted octanol–water partition coefficient (Wildman–Crippen LogP) is 1.72. The number of hydrogen-bond acceptors (Lipinski definition) is 3.